The topological polar surface area (TPSA) is 58.6 Å². The molecule has 2 rings (SSSR count). The van der Waals surface area contributed by atoms with E-state index in [1.165, 1.54) is 23.5 Å². The van der Waals surface area contributed by atoms with Crippen LogP contribution in [0.25, 0.3) is 0 Å². The van der Waals surface area contributed by atoms with Crippen LogP contribution >= 0.6 is 0 Å². The van der Waals surface area contributed by atoms with Gasteiger partial charge in [0.15, 0.2) is 11.6 Å². The van der Waals surface area contributed by atoms with E-state index < -0.39 is 15.8 Å². The summed E-state index contributed by atoms with van der Waals surface area (Å²) in [5, 5.41) is 3.03. The molecule has 106 valence electrons. The molecule has 1 saturated heterocycles. The van der Waals surface area contributed by atoms with E-state index in [-0.39, 0.29) is 16.7 Å². The van der Waals surface area contributed by atoms with E-state index in [9.17, 15) is 12.8 Å². The summed E-state index contributed by atoms with van der Waals surface area (Å²) in [7, 11) is -2.32. The van der Waals surface area contributed by atoms with Crippen LogP contribution in [0.15, 0.2) is 23.1 Å². The number of hydrogen-bond acceptors (Lipinski definition) is 4. The molecule has 5 nitrogen and oxygen atoms in total. The molecule has 0 unspecified atom stereocenters. The second kappa shape index (κ2) is 5.44. The predicted octanol–water partition coefficient (Wildman–Crippen LogP) is 0.817. The minimum absolute atomic E-state index is 0.0345. The van der Waals surface area contributed by atoms with Crippen LogP contribution in [-0.4, -0.2) is 45.5 Å². The number of hydrogen-bond donors (Lipinski definition) is 1. The van der Waals surface area contributed by atoms with Gasteiger partial charge in [-0.05, 0) is 18.2 Å². The van der Waals surface area contributed by atoms with Crippen molar-refractivity contribution in [2.45, 2.75) is 17.9 Å². The highest BCUT2D eigenvalue weighted by molar-refractivity contribution is 7.89. The zero-order valence-electron chi connectivity index (χ0n) is 10.9. The van der Waals surface area contributed by atoms with Crippen LogP contribution in [0.4, 0.5) is 4.39 Å². The van der Waals surface area contributed by atoms with E-state index in [0.717, 1.165) is 6.07 Å². The van der Waals surface area contributed by atoms with Crippen LogP contribution in [0.5, 0.6) is 5.75 Å². The van der Waals surface area contributed by atoms with Gasteiger partial charge in [-0.25, -0.2) is 12.8 Å². The molecule has 1 aliphatic rings. The first-order chi connectivity index (χ1) is 9.00. The quantitative estimate of drug-likeness (QED) is 0.871. The Morgan fingerprint density at radius 2 is 2.16 bits per heavy atom. The Balaban J connectivity index is 2.35. The van der Waals surface area contributed by atoms with Gasteiger partial charge in [0.05, 0.1) is 12.0 Å². The third-order valence-corrected chi connectivity index (χ3v) is 5.23. The lowest BCUT2D eigenvalue weighted by molar-refractivity contribution is 0.249. The predicted molar refractivity (Wildman–Crippen MR) is 69.2 cm³/mol. The molecular formula is C12H17FN2O3S. The first kappa shape index (κ1) is 14.2. The maximum atomic E-state index is 13.6. The minimum atomic E-state index is -3.66. The number of benzene rings is 1. The van der Waals surface area contributed by atoms with Crippen LogP contribution in [0, 0.1) is 5.82 Å². The molecule has 19 heavy (non-hydrogen) atoms. The van der Waals surface area contributed by atoms with Crippen LogP contribution in [0.1, 0.15) is 6.92 Å². The van der Waals surface area contributed by atoms with Gasteiger partial charge in [0.25, 0.3) is 0 Å². The summed E-state index contributed by atoms with van der Waals surface area (Å²) in [5.41, 5.74) is 0. The van der Waals surface area contributed by atoms with Gasteiger partial charge in [-0.2, -0.15) is 4.31 Å². The van der Waals surface area contributed by atoms with Gasteiger partial charge >= 0.3 is 0 Å². The van der Waals surface area contributed by atoms with Crippen molar-refractivity contribution in [3.05, 3.63) is 24.0 Å². The highest BCUT2D eigenvalue weighted by atomic mass is 32.2. The second-order valence-corrected chi connectivity index (χ2v) is 6.21. The van der Waals surface area contributed by atoms with E-state index >= 15 is 0 Å². The summed E-state index contributed by atoms with van der Waals surface area (Å²) in [6, 6.07) is 3.64. The normalized spacial score (nSPS) is 16.4. The fourth-order valence-corrected chi connectivity index (χ4v) is 3.69. The SMILES string of the molecule is CCN(C1CNC1)S(=O)(=O)c1ccc(OC)c(F)c1. The average Bonchev–Trinajstić information content (AvgIpc) is 2.33. The smallest absolute Gasteiger partial charge is 0.243 e. The van der Waals surface area contributed by atoms with Gasteiger partial charge in [0.1, 0.15) is 0 Å². The summed E-state index contributed by atoms with van der Waals surface area (Å²) in [6.45, 7) is 3.40. The highest BCUT2D eigenvalue weighted by Crippen LogP contribution is 2.24. The molecule has 0 amide bonds. The number of sulfonamides is 1. The molecule has 0 spiro atoms. The first-order valence-corrected chi connectivity index (χ1v) is 7.50. The Morgan fingerprint density at radius 3 is 2.58 bits per heavy atom. The van der Waals surface area contributed by atoms with Gasteiger partial charge in [0, 0.05) is 25.7 Å². The molecule has 1 heterocycles. The zero-order valence-corrected chi connectivity index (χ0v) is 11.7. The molecule has 1 aliphatic heterocycles. The summed E-state index contributed by atoms with van der Waals surface area (Å²) >= 11 is 0. The molecule has 1 fully saturated rings. The third kappa shape index (κ3) is 2.58. The first-order valence-electron chi connectivity index (χ1n) is 6.06. The van der Waals surface area contributed by atoms with Crippen LogP contribution in [0.3, 0.4) is 0 Å². The molecule has 1 N–H and O–H groups in total. The lowest BCUT2D eigenvalue weighted by Gasteiger charge is -2.36. The zero-order chi connectivity index (χ0) is 14.0. The standard InChI is InChI=1S/C12H17FN2O3S/c1-3-15(9-7-14-8-9)19(16,17)10-4-5-12(18-2)11(13)6-10/h4-6,9,14H,3,7-8H2,1-2H3. The molecule has 0 aromatic heterocycles. The Kier molecular flexibility index (Phi) is 4.07. The fourth-order valence-electron chi connectivity index (χ4n) is 2.04. The van der Waals surface area contributed by atoms with Crippen molar-refractivity contribution < 1.29 is 17.5 Å². The Hall–Kier alpha value is -1.18. The van der Waals surface area contributed by atoms with Crippen LogP contribution in [0.2, 0.25) is 0 Å². The van der Waals surface area contributed by atoms with Crippen molar-refractivity contribution in [1.29, 1.82) is 0 Å². The molecule has 0 radical (unpaired) electrons. The Morgan fingerprint density at radius 1 is 1.47 bits per heavy atom. The van der Waals surface area contributed by atoms with Crippen molar-refractivity contribution in [3.63, 3.8) is 0 Å². The maximum absolute atomic E-state index is 13.6. The number of halogens is 1. The van der Waals surface area contributed by atoms with Gasteiger partial charge in [-0.3, -0.25) is 0 Å². The molecular weight excluding hydrogens is 271 g/mol. The average molecular weight is 288 g/mol. The van der Waals surface area contributed by atoms with Crippen LogP contribution < -0.4 is 10.1 Å². The molecule has 0 saturated carbocycles. The monoisotopic (exact) mass is 288 g/mol. The summed E-state index contributed by atoms with van der Waals surface area (Å²) in [5.74, 6) is -0.640. The Labute approximate surface area is 112 Å². The van der Waals surface area contributed by atoms with Gasteiger partial charge in [0.2, 0.25) is 10.0 Å². The summed E-state index contributed by atoms with van der Waals surface area (Å²) in [6.07, 6.45) is 0. The molecule has 0 atom stereocenters. The number of nitrogens with one attached hydrogen (secondary N) is 1. The minimum Gasteiger partial charge on any atom is -0.494 e. The lowest BCUT2D eigenvalue weighted by atomic mass is 10.2. The largest absolute Gasteiger partial charge is 0.494 e. The molecule has 7 heteroatoms. The molecule has 0 bridgehead atoms. The summed E-state index contributed by atoms with van der Waals surface area (Å²) in [4.78, 5) is -0.0421. The number of ether oxygens (including phenoxy) is 1. The van der Waals surface area contributed by atoms with Crippen molar-refractivity contribution in [2.24, 2.45) is 0 Å². The van der Waals surface area contributed by atoms with Crippen LogP contribution in [-0.2, 0) is 10.0 Å². The maximum Gasteiger partial charge on any atom is 0.243 e. The number of rotatable bonds is 5. The van der Waals surface area contributed by atoms with Gasteiger partial charge in [-0.1, -0.05) is 6.92 Å². The second-order valence-electron chi connectivity index (χ2n) is 4.32. The fraction of sp³-hybridized carbons (Fsp3) is 0.500. The number of methoxy groups -OCH3 is 1. The van der Waals surface area contributed by atoms with Crippen molar-refractivity contribution in [1.82, 2.24) is 9.62 Å². The van der Waals surface area contributed by atoms with E-state index in [2.05, 4.69) is 5.32 Å². The van der Waals surface area contributed by atoms with Crippen molar-refractivity contribution in [3.8, 4) is 5.75 Å². The molecule has 0 aliphatic carbocycles. The summed E-state index contributed by atoms with van der Waals surface area (Å²) < 4.78 is 44.7. The molecule has 1 aromatic rings. The molecule has 1 aromatic carbocycles. The van der Waals surface area contributed by atoms with Gasteiger partial charge in [-0.15, -0.1) is 0 Å². The van der Waals surface area contributed by atoms with Crippen molar-refractivity contribution >= 4 is 10.0 Å². The van der Waals surface area contributed by atoms with E-state index in [1.54, 1.807) is 6.92 Å². The Bertz CT molecular complexity index is 558. The number of likely N-dealkylation sites (N-methyl/N-ethyl adjacent to an activating group) is 1. The highest BCUT2D eigenvalue weighted by Gasteiger charge is 2.33. The lowest BCUT2D eigenvalue weighted by Crippen LogP contribution is -2.58. The van der Waals surface area contributed by atoms with Crippen molar-refractivity contribution in [2.75, 3.05) is 26.7 Å². The van der Waals surface area contributed by atoms with E-state index in [4.69, 9.17) is 4.74 Å². The van der Waals surface area contributed by atoms with E-state index in [1.807, 2.05) is 0 Å². The van der Waals surface area contributed by atoms with E-state index in [0.29, 0.717) is 19.6 Å². The van der Waals surface area contributed by atoms with Gasteiger partial charge < -0.3 is 10.1 Å². The number of nitrogens with zero attached hydrogens (tertiary/aromatic N) is 1. The third-order valence-electron chi connectivity index (χ3n) is 3.21.